The zero-order valence-corrected chi connectivity index (χ0v) is 11.6. The molecule has 0 bridgehead atoms. The van der Waals surface area contributed by atoms with Crippen molar-refractivity contribution in [2.75, 3.05) is 13.1 Å². The summed E-state index contributed by atoms with van der Waals surface area (Å²) in [7, 11) is 0. The Balaban J connectivity index is 1.71. The van der Waals surface area contributed by atoms with Crippen molar-refractivity contribution in [1.29, 1.82) is 0 Å². The van der Waals surface area contributed by atoms with Gasteiger partial charge in [0.1, 0.15) is 0 Å². The predicted octanol–water partition coefficient (Wildman–Crippen LogP) is 1.52. The molecule has 0 saturated carbocycles. The van der Waals surface area contributed by atoms with Gasteiger partial charge in [-0.3, -0.25) is 9.59 Å². The van der Waals surface area contributed by atoms with Crippen LogP contribution in [0.2, 0.25) is 0 Å². The second-order valence-corrected chi connectivity index (χ2v) is 5.81. The van der Waals surface area contributed by atoms with Crippen molar-refractivity contribution in [3.63, 3.8) is 0 Å². The van der Waals surface area contributed by atoms with Crippen molar-refractivity contribution in [2.24, 2.45) is 5.92 Å². The number of hydrogen-bond acceptors (Lipinski definition) is 2. The summed E-state index contributed by atoms with van der Waals surface area (Å²) in [6.45, 7) is 1.31. The number of para-hydroxylation sites is 1. The minimum absolute atomic E-state index is 0.00367. The number of piperidine rings is 1. The number of likely N-dealkylation sites (tertiary alicyclic amines) is 1. The third-order valence-electron chi connectivity index (χ3n) is 4.68. The lowest BCUT2D eigenvalue weighted by Gasteiger charge is -2.36. The number of rotatable bonds is 1. The zero-order chi connectivity index (χ0) is 14.4. The SMILES string of the molecule is O=C1NCC2C1CCCN2C(=O)c1cccc2cc[nH]c12. The molecule has 3 heterocycles. The fourth-order valence-electron chi connectivity index (χ4n) is 3.62. The van der Waals surface area contributed by atoms with Gasteiger partial charge in [-0.1, -0.05) is 12.1 Å². The Hall–Kier alpha value is -2.30. The van der Waals surface area contributed by atoms with Gasteiger partial charge in [0.05, 0.1) is 23.0 Å². The third kappa shape index (κ3) is 1.84. The van der Waals surface area contributed by atoms with Crippen LogP contribution in [-0.4, -0.2) is 40.8 Å². The van der Waals surface area contributed by atoms with E-state index in [1.54, 1.807) is 0 Å². The van der Waals surface area contributed by atoms with Crippen LogP contribution in [0, 0.1) is 5.92 Å². The summed E-state index contributed by atoms with van der Waals surface area (Å²) in [5, 5.41) is 3.93. The van der Waals surface area contributed by atoms with Gasteiger partial charge in [-0.05, 0) is 25.0 Å². The van der Waals surface area contributed by atoms with E-state index in [0.29, 0.717) is 12.1 Å². The normalized spacial score (nSPS) is 25.0. The van der Waals surface area contributed by atoms with Crippen LogP contribution in [0.4, 0.5) is 0 Å². The van der Waals surface area contributed by atoms with Crippen LogP contribution in [0.15, 0.2) is 30.5 Å². The molecule has 2 fully saturated rings. The van der Waals surface area contributed by atoms with Crippen LogP contribution < -0.4 is 5.32 Å². The molecule has 2 aromatic rings. The highest BCUT2D eigenvalue weighted by atomic mass is 16.2. The summed E-state index contributed by atoms with van der Waals surface area (Å²) in [4.78, 5) is 29.8. The second-order valence-electron chi connectivity index (χ2n) is 5.81. The number of nitrogens with one attached hydrogen (secondary N) is 2. The number of hydrogen-bond donors (Lipinski definition) is 2. The molecule has 108 valence electrons. The van der Waals surface area contributed by atoms with Crippen molar-refractivity contribution in [3.05, 3.63) is 36.0 Å². The fraction of sp³-hybridized carbons (Fsp3) is 0.375. The molecule has 1 aromatic carbocycles. The van der Waals surface area contributed by atoms with Crippen LogP contribution in [0.5, 0.6) is 0 Å². The minimum atomic E-state index is -0.0365. The highest BCUT2D eigenvalue weighted by molar-refractivity contribution is 6.06. The van der Waals surface area contributed by atoms with Crippen molar-refractivity contribution in [2.45, 2.75) is 18.9 Å². The first-order valence-corrected chi connectivity index (χ1v) is 7.40. The Morgan fingerprint density at radius 3 is 3.10 bits per heavy atom. The molecule has 0 aliphatic carbocycles. The lowest BCUT2D eigenvalue weighted by Crippen LogP contribution is -2.48. The van der Waals surface area contributed by atoms with Gasteiger partial charge in [0, 0.05) is 24.7 Å². The van der Waals surface area contributed by atoms with Crippen LogP contribution in [0.25, 0.3) is 10.9 Å². The van der Waals surface area contributed by atoms with E-state index in [1.807, 2.05) is 35.4 Å². The maximum absolute atomic E-state index is 12.9. The molecule has 2 aliphatic rings. The number of H-pyrrole nitrogens is 1. The average molecular weight is 283 g/mol. The highest BCUT2D eigenvalue weighted by Crippen LogP contribution is 2.29. The van der Waals surface area contributed by atoms with E-state index >= 15 is 0 Å². The molecule has 0 radical (unpaired) electrons. The van der Waals surface area contributed by atoms with Crippen molar-refractivity contribution in [1.82, 2.24) is 15.2 Å². The van der Waals surface area contributed by atoms with Gasteiger partial charge in [-0.2, -0.15) is 0 Å². The van der Waals surface area contributed by atoms with Crippen LogP contribution in [-0.2, 0) is 4.79 Å². The van der Waals surface area contributed by atoms with Crippen molar-refractivity contribution < 1.29 is 9.59 Å². The molecule has 5 heteroatoms. The molecule has 2 amide bonds. The first kappa shape index (κ1) is 12.4. The van der Waals surface area contributed by atoms with Gasteiger partial charge in [0.15, 0.2) is 0 Å². The quantitative estimate of drug-likeness (QED) is 0.833. The van der Waals surface area contributed by atoms with E-state index in [0.717, 1.165) is 30.3 Å². The van der Waals surface area contributed by atoms with Crippen LogP contribution in [0.1, 0.15) is 23.2 Å². The largest absolute Gasteiger partial charge is 0.361 e. The smallest absolute Gasteiger partial charge is 0.256 e. The third-order valence-corrected chi connectivity index (χ3v) is 4.68. The number of nitrogens with zero attached hydrogens (tertiary/aromatic N) is 1. The first-order valence-electron chi connectivity index (χ1n) is 7.40. The van der Waals surface area contributed by atoms with Gasteiger partial charge >= 0.3 is 0 Å². The van der Waals surface area contributed by atoms with Crippen molar-refractivity contribution in [3.8, 4) is 0 Å². The number of aromatic nitrogens is 1. The Morgan fingerprint density at radius 2 is 2.19 bits per heavy atom. The van der Waals surface area contributed by atoms with Gasteiger partial charge in [-0.25, -0.2) is 0 Å². The molecule has 4 rings (SSSR count). The number of aromatic amines is 1. The summed E-state index contributed by atoms with van der Waals surface area (Å²) >= 11 is 0. The molecule has 2 unspecified atom stereocenters. The Labute approximate surface area is 122 Å². The Morgan fingerprint density at radius 1 is 1.29 bits per heavy atom. The average Bonchev–Trinajstić information content (AvgIpc) is 3.13. The van der Waals surface area contributed by atoms with Crippen molar-refractivity contribution >= 4 is 22.7 Å². The zero-order valence-electron chi connectivity index (χ0n) is 11.6. The Bertz CT molecular complexity index is 721. The minimum Gasteiger partial charge on any atom is -0.361 e. The van der Waals surface area contributed by atoms with E-state index in [-0.39, 0.29) is 23.8 Å². The summed E-state index contributed by atoms with van der Waals surface area (Å²) in [5.74, 6) is 0.0791. The predicted molar refractivity (Wildman–Crippen MR) is 78.9 cm³/mol. The highest BCUT2D eigenvalue weighted by Gasteiger charge is 2.42. The summed E-state index contributed by atoms with van der Waals surface area (Å²) in [6, 6.07) is 7.72. The van der Waals surface area contributed by atoms with E-state index < -0.39 is 0 Å². The number of amides is 2. The van der Waals surface area contributed by atoms with Gasteiger partial charge in [0.25, 0.3) is 5.91 Å². The molecule has 2 saturated heterocycles. The molecule has 21 heavy (non-hydrogen) atoms. The number of benzene rings is 1. The van der Waals surface area contributed by atoms with Gasteiger partial charge < -0.3 is 15.2 Å². The second kappa shape index (κ2) is 4.62. The number of fused-ring (bicyclic) bond motifs is 2. The Kier molecular flexibility index (Phi) is 2.74. The molecule has 2 aliphatic heterocycles. The van der Waals surface area contributed by atoms with E-state index in [4.69, 9.17) is 0 Å². The molecule has 2 N–H and O–H groups in total. The van der Waals surface area contributed by atoms with Gasteiger partial charge in [-0.15, -0.1) is 0 Å². The molecule has 5 nitrogen and oxygen atoms in total. The maximum Gasteiger partial charge on any atom is 0.256 e. The van der Waals surface area contributed by atoms with Crippen LogP contribution in [0.3, 0.4) is 0 Å². The summed E-state index contributed by atoms with van der Waals surface area (Å²) in [6.07, 6.45) is 3.62. The standard InChI is InChI=1S/C16H17N3O2/c20-15-11-5-2-8-19(13(11)9-18-15)16(21)12-4-1-3-10-6-7-17-14(10)12/h1,3-4,6-7,11,13,17H,2,5,8-9H2,(H,18,20). The molecular weight excluding hydrogens is 266 g/mol. The number of carbonyl (C=O) groups excluding carboxylic acids is 2. The molecule has 0 spiro atoms. The number of carbonyl (C=O) groups is 2. The lowest BCUT2D eigenvalue weighted by atomic mass is 9.91. The summed E-state index contributed by atoms with van der Waals surface area (Å²) < 4.78 is 0. The van der Waals surface area contributed by atoms with E-state index in [1.165, 1.54) is 0 Å². The monoisotopic (exact) mass is 283 g/mol. The van der Waals surface area contributed by atoms with Crippen LogP contribution >= 0.6 is 0 Å². The topological polar surface area (TPSA) is 65.2 Å². The maximum atomic E-state index is 12.9. The van der Waals surface area contributed by atoms with Gasteiger partial charge in [0.2, 0.25) is 5.91 Å². The molecular formula is C16H17N3O2. The van der Waals surface area contributed by atoms with E-state index in [2.05, 4.69) is 10.3 Å². The first-order chi connectivity index (χ1) is 10.3. The molecule has 2 atom stereocenters. The van der Waals surface area contributed by atoms with E-state index in [9.17, 15) is 9.59 Å². The lowest BCUT2D eigenvalue weighted by molar-refractivity contribution is -0.123. The molecule has 1 aromatic heterocycles. The summed E-state index contributed by atoms with van der Waals surface area (Å²) in [5.41, 5.74) is 1.57. The fourth-order valence-corrected chi connectivity index (χ4v) is 3.62.